The highest BCUT2D eigenvalue weighted by molar-refractivity contribution is 7.98. The maximum Gasteiger partial charge on any atom is 0.368 e. The van der Waals surface area contributed by atoms with E-state index in [2.05, 4.69) is 11.8 Å². The number of carbonyl (C=O) groups is 1. The van der Waals surface area contributed by atoms with Gasteiger partial charge in [-0.1, -0.05) is 44.9 Å². The van der Waals surface area contributed by atoms with E-state index in [1.54, 1.807) is 12.3 Å². The lowest BCUT2D eigenvalue weighted by molar-refractivity contribution is -0.134. The fourth-order valence-corrected chi connectivity index (χ4v) is 7.00. The molecule has 0 saturated carbocycles. The number of thioether (sulfide) groups is 1. The molecule has 0 aromatic heterocycles. The van der Waals surface area contributed by atoms with Gasteiger partial charge in [0.25, 0.3) is 0 Å². The highest BCUT2D eigenvalue weighted by atomic mass is 32.2. The van der Waals surface area contributed by atoms with Crippen LogP contribution in [0.25, 0.3) is 0 Å². The third kappa shape index (κ3) is 5.58. The number of carboxylic acid groups (broad SMARTS) is 1. The van der Waals surface area contributed by atoms with Gasteiger partial charge in [-0.3, -0.25) is 0 Å². The summed E-state index contributed by atoms with van der Waals surface area (Å²) in [5, 5.41) is 8.78. The quantitative estimate of drug-likeness (QED) is 0.246. The number of fused-ring (bicyclic) bond motifs is 1. The number of nitrogens with zero attached hydrogens (tertiary/aromatic N) is 1. The highest BCUT2D eigenvalue weighted by Crippen LogP contribution is 2.47. The second-order valence-electron chi connectivity index (χ2n) is 8.50. The lowest BCUT2D eigenvalue weighted by atomic mass is 9.81. The zero-order valence-electron chi connectivity index (χ0n) is 19.6. The fraction of sp³-hybridized carbons (Fsp3) is 0.400. The molecule has 0 saturated heterocycles. The van der Waals surface area contributed by atoms with E-state index in [0.717, 1.165) is 24.9 Å². The Balaban J connectivity index is 2.23. The number of ether oxygens (including phenoxy) is 1. The van der Waals surface area contributed by atoms with Crippen molar-refractivity contribution in [2.75, 3.05) is 23.5 Å². The van der Waals surface area contributed by atoms with Crippen LogP contribution in [0.15, 0.2) is 64.3 Å². The van der Waals surface area contributed by atoms with E-state index in [9.17, 15) is 17.6 Å². The lowest BCUT2D eigenvalue weighted by Gasteiger charge is -2.36. The van der Waals surface area contributed by atoms with E-state index in [-0.39, 0.29) is 16.4 Å². The Kier molecular flexibility index (Phi) is 8.30. The number of hydrogen-bond donors (Lipinski definition) is 1. The topological polar surface area (TPSA) is 83.9 Å². The minimum Gasteiger partial charge on any atom is -0.476 e. The summed E-state index contributed by atoms with van der Waals surface area (Å²) >= 11 is 1.31. The van der Waals surface area contributed by atoms with Crippen molar-refractivity contribution in [3.63, 3.8) is 0 Å². The molecule has 0 aliphatic carbocycles. The summed E-state index contributed by atoms with van der Waals surface area (Å²) < 4.78 is 46.3. The van der Waals surface area contributed by atoms with E-state index in [0.29, 0.717) is 29.8 Å². The largest absolute Gasteiger partial charge is 0.476 e. The number of anilines is 2. The molecule has 1 atom stereocenters. The van der Waals surface area contributed by atoms with Gasteiger partial charge in [-0.15, -0.1) is 11.8 Å². The molecule has 3 rings (SSSR count). The first kappa shape index (κ1) is 26.1. The third-order valence-corrected chi connectivity index (χ3v) is 8.98. The minimum atomic E-state index is -3.73. The standard InChI is InChI=1S/C25H30FNO5S2/c1-4-6-12-25(5-2)16-27(18-10-8-7-9-11-18)20-13-22(33-3)21(32-15-19(26)24(28)29)14-23(20)34(30,31)17-25/h7-11,13-15H,4-6,12,16-17H2,1-3H3,(H,28,29)/b19-15-/t25-/m0/s1. The SMILES string of the molecule is CCCC[C@@]1(CC)CN(c2ccccc2)c2cc(SC)c(O/C=C(\F)C(=O)O)cc2S(=O)(=O)C1. The molecule has 1 heterocycles. The molecule has 0 radical (unpaired) electrons. The molecule has 1 aliphatic rings. The van der Waals surface area contributed by atoms with Crippen molar-refractivity contribution < 1.29 is 27.4 Å². The Morgan fingerprint density at radius 2 is 1.97 bits per heavy atom. The summed E-state index contributed by atoms with van der Waals surface area (Å²) in [7, 11) is -3.73. The van der Waals surface area contributed by atoms with E-state index < -0.39 is 27.0 Å². The number of hydrogen-bond acceptors (Lipinski definition) is 6. The normalized spacial score (nSPS) is 19.9. The zero-order chi connectivity index (χ0) is 24.9. The van der Waals surface area contributed by atoms with Crippen LogP contribution in [0, 0.1) is 5.41 Å². The van der Waals surface area contributed by atoms with Crippen molar-refractivity contribution in [3.8, 4) is 5.75 Å². The van der Waals surface area contributed by atoms with Crippen molar-refractivity contribution >= 4 is 38.9 Å². The summed E-state index contributed by atoms with van der Waals surface area (Å²) in [6.45, 7) is 4.67. The van der Waals surface area contributed by atoms with Crippen LogP contribution in [0.2, 0.25) is 0 Å². The van der Waals surface area contributed by atoms with Gasteiger partial charge in [-0.25, -0.2) is 13.2 Å². The van der Waals surface area contributed by atoms with Crippen LogP contribution in [0.5, 0.6) is 5.75 Å². The van der Waals surface area contributed by atoms with Gasteiger partial charge >= 0.3 is 5.97 Å². The number of carboxylic acids is 1. The van der Waals surface area contributed by atoms with E-state index in [1.807, 2.05) is 37.3 Å². The maximum atomic E-state index is 13.7. The molecule has 184 valence electrons. The molecular formula is C25H30FNO5S2. The van der Waals surface area contributed by atoms with Gasteiger partial charge in [-0.2, -0.15) is 4.39 Å². The van der Waals surface area contributed by atoms with E-state index >= 15 is 0 Å². The molecule has 34 heavy (non-hydrogen) atoms. The number of benzene rings is 2. The highest BCUT2D eigenvalue weighted by Gasteiger charge is 2.41. The number of rotatable bonds is 9. The Morgan fingerprint density at radius 1 is 1.26 bits per heavy atom. The molecule has 6 nitrogen and oxygen atoms in total. The predicted octanol–water partition coefficient (Wildman–Crippen LogP) is 6.19. The molecule has 0 bridgehead atoms. The second-order valence-corrected chi connectivity index (χ2v) is 11.3. The van der Waals surface area contributed by atoms with Crippen LogP contribution in [0.4, 0.5) is 15.8 Å². The molecule has 1 aliphatic heterocycles. The average molecular weight is 508 g/mol. The van der Waals surface area contributed by atoms with Crippen LogP contribution in [-0.2, 0) is 14.6 Å². The summed E-state index contributed by atoms with van der Waals surface area (Å²) in [5.74, 6) is -3.14. The lowest BCUT2D eigenvalue weighted by Crippen LogP contribution is -2.37. The smallest absolute Gasteiger partial charge is 0.368 e. The van der Waals surface area contributed by atoms with Gasteiger partial charge in [0.2, 0.25) is 5.83 Å². The average Bonchev–Trinajstić information content (AvgIpc) is 2.93. The second kappa shape index (κ2) is 10.8. The third-order valence-electron chi connectivity index (χ3n) is 6.23. The van der Waals surface area contributed by atoms with Gasteiger partial charge in [-0.05, 0) is 37.3 Å². The van der Waals surface area contributed by atoms with Gasteiger partial charge in [0.1, 0.15) is 12.0 Å². The van der Waals surface area contributed by atoms with Crippen molar-refractivity contribution in [3.05, 3.63) is 54.6 Å². The summed E-state index contributed by atoms with van der Waals surface area (Å²) in [5.41, 5.74) is 0.977. The van der Waals surface area contributed by atoms with Crippen molar-refractivity contribution in [2.45, 2.75) is 49.3 Å². The number of halogens is 1. The van der Waals surface area contributed by atoms with Gasteiger partial charge in [0.05, 0.1) is 21.2 Å². The number of aliphatic carboxylic acids is 1. The first-order chi connectivity index (χ1) is 16.2. The van der Waals surface area contributed by atoms with Crippen LogP contribution >= 0.6 is 11.8 Å². The maximum absolute atomic E-state index is 13.7. The number of unbranched alkanes of at least 4 members (excludes halogenated alkanes) is 1. The van der Waals surface area contributed by atoms with Gasteiger partial charge in [0.15, 0.2) is 9.84 Å². The van der Waals surface area contributed by atoms with Crippen molar-refractivity contribution in [2.24, 2.45) is 5.41 Å². The molecule has 9 heteroatoms. The molecular weight excluding hydrogens is 477 g/mol. The Morgan fingerprint density at radius 3 is 2.56 bits per heavy atom. The fourth-order valence-electron chi connectivity index (χ4n) is 4.29. The first-order valence-corrected chi connectivity index (χ1v) is 14.1. The molecule has 0 fully saturated rings. The first-order valence-electron chi connectivity index (χ1n) is 11.2. The van der Waals surface area contributed by atoms with Gasteiger partial charge in [0, 0.05) is 23.7 Å². The van der Waals surface area contributed by atoms with Crippen LogP contribution in [-0.4, -0.2) is 38.0 Å². The molecule has 0 spiro atoms. The van der Waals surface area contributed by atoms with E-state index in [4.69, 9.17) is 9.84 Å². The molecule has 2 aromatic carbocycles. The van der Waals surface area contributed by atoms with Crippen LogP contribution in [0.3, 0.4) is 0 Å². The molecule has 0 amide bonds. The van der Waals surface area contributed by atoms with Crippen molar-refractivity contribution in [1.82, 2.24) is 0 Å². The summed E-state index contributed by atoms with van der Waals surface area (Å²) in [4.78, 5) is 13.5. The van der Waals surface area contributed by atoms with Crippen LogP contribution < -0.4 is 9.64 Å². The Hall–Kier alpha value is -2.52. The molecule has 2 aromatic rings. The van der Waals surface area contributed by atoms with Crippen molar-refractivity contribution in [1.29, 1.82) is 0 Å². The zero-order valence-corrected chi connectivity index (χ0v) is 21.2. The molecule has 0 unspecified atom stereocenters. The Bertz CT molecular complexity index is 1170. The minimum absolute atomic E-state index is 0.00971. The Labute approximate surface area is 204 Å². The number of sulfone groups is 1. The monoisotopic (exact) mass is 507 g/mol. The van der Waals surface area contributed by atoms with Gasteiger partial charge < -0.3 is 14.7 Å². The summed E-state index contributed by atoms with van der Waals surface area (Å²) in [6.07, 6.45) is 5.65. The predicted molar refractivity (Wildman–Crippen MR) is 133 cm³/mol. The number of para-hydroxylation sites is 1. The summed E-state index contributed by atoms with van der Waals surface area (Å²) in [6, 6.07) is 12.8. The van der Waals surface area contributed by atoms with Crippen LogP contribution in [0.1, 0.15) is 39.5 Å². The molecule has 1 N–H and O–H groups in total. The van der Waals surface area contributed by atoms with E-state index in [1.165, 1.54) is 17.8 Å².